The summed E-state index contributed by atoms with van der Waals surface area (Å²) >= 11 is 0. The van der Waals surface area contributed by atoms with E-state index in [4.69, 9.17) is 15.2 Å². The lowest BCUT2D eigenvalue weighted by Gasteiger charge is -2.24. The van der Waals surface area contributed by atoms with Gasteiger partial charge in [0.1, 0.15) is 18.5 Å². The van der Waals surface area contributed by atoms with Gasteiger partial charge in [-0.1, -0.05) is 60.7 Å². The maximum absolute atomic E-state index is 12.8. The highest BCUT2D eigenvalue weighted by Gasteiger charge is 2.30. The Hall–Kier alpha value is -3.76. The zero-order valence-corrected chi connectivity index (χ0v) is 21.3. The van der Waals surface area contributed by atoms with Crippen molar-refractivity contribution in [3.63, 3.8) is 0 Å². The van der Waals surface area contributed by atoms with Gasteiger partial charge in [0, 0.05) is 26.1 Å². The molecule has 0 fully saturated rings. The number of nitrogens with one attached hydrogen (secondary N) is 1. The van der Waals surface area contributed by atoms with Gasteiger partial charge in [0.15, 0.2) is 5.82 Å². The van der Waals surface area contributed by atoms with Crippen molar-refractivity contribution in [1.29, 1.82) is 0 Å². The van der Waals surface area contributed by atoms with Crippen LogP contribution in [0.4, 0.5) is 4.79 Å². The number of amides is 2. The first kappa shape index (κ1) is 26.3. The fourth-order valence-corrected chi connectivity index (χ4v) is 3.99. The van der Waals surface area contributed by atoms with Crippen LogP contribution in [0.1, 0.15) is 42.7 Å². The van der Waals surface area contributed by atoms with Crippen LogP contribution in [0.15, 0.2) is 60.7 Å². The number of ether oxygens (including phenoxy) is 2. The lowest BCUT2D eigenvalue weighted by atomic mass is 10.1. The van der Waals surface area contributed by atoms with Gasteiger partial charge in [-0.25, -0.2) is 4.79 Å². The zero-order chi connectivity index (χ0) is 26.3. The number of carbonyl (C=O) groups is 2. The molecule has 3 aromatic rings. The lowest BCUT2D eigenvalue weighted by Crippen LogP contribution is -2.51. The van der Waals surface area contributed by atoms with Crippen LogP contribution in [0.5, 0.6) is 0 Å². The molecule has 1 aliphatic heterocycles. The molecule has 2 heterocycles. The largest absolute Gasteiger partial charge is 0.445 e. The number of carbonyl (C=O) groups excluding carboxylic acids is 2. The number of hydrogen-bond donors (Lipinski definition) is 2. The third-order valence-electron chi connectivity index (χ3n) is 6.12. The molecule has 0 unspecified atom stereocenters. The molecule has 1 aliphatic rings. The van der Waals surface area contributed by atoms with Crippen LogP contribution >= 0.6 is 0 Å². The first-order valence-corrected chi connectivity index (χ1v) is 12.4. The number of nitrogens with zero attached hydrogens (tertiary/aromatic N) is 4. The van der Waals surface area contributed by atoms with E-state index in [0.29, 0.717) is 38.5 Å². The molecule has 1 atom stereocenters. The smallest absolute Gasteiger partial charge is 0.410 e. The van der Waals surface area contributed by atoms with Gasteiger partial charge in [-0.15, -0.1) is 10.2 Å². The molecule has 0 spiro atoms. The van der Waals surface area contributed by atoms with Crippen LogP contribution in [-0.4, -0.2) is 56.9 Å². The van der Waals surface area contributed by atoms with Crippen LogP contribution in [0.2, 0.25) is 0 Å². The van der Waals surface area contributed by atoms with Crippen molar-refractivity contribution in [2.24, 2.45) is 5.73 Å². The minimum atomic E-state index is -1.07. The Morgan fingerprint density at radius 1 is 0.973 bits per heavy atom. The third-order valence-corrected chi connectivity index (χ3v) is 6.12. The van der Waals surface area contributed by atoms with Crippen LogP contribution in [0, 0.1) is 0 Å². The maximum atomic E-state index is 12.8. The van der Waals surface area contributed by atoms with Crippen molar-refractivity contribution in [1.82, 2.24) is 25.0 Å². The summed E-state index contributed by atoms with van der Waals surface area (Å²) in [6.45, 7) is 5.45. The normalized spacial score (nSPS) is 14.4. The number of rotatable bonds is 9. The predicted molar refractivity (Wildman–Crippen MR) is 137 cm³/mol. The minimum Gasteiger partial charge on any atom is -0.445 e. The van der Waals surface area contributed by atoms with Gasteiger partial charge in [0.2, 0.25) is 5.91 Å². The lowest BCUT2D eigenvalue weighted by molar-refractivity contribution is -0.126. The SMILES string of the molecule is CC(C)(N)C(=O)N[C@H](COCc1ccccc1)c1nnc2n1CCN(C(=O)OCc1ccccc1)CC2. The molecule has 0 aliphatic carbocycles. The summed E-state index contributed by atoms with van der Waals surface area (Å²) in [4.78, 5) is 27.1. The Labute approximate surface area is 216 Å². The number of nitrogens with two attached hydrogens (primary N) is 1. The van der Waals surface area contributed by atoms with Crippen molar-refractivity contribution in [2.45, 2.75) is 51.6 Å². The highest BCUT2D eigenvalue weighted by molar-refractivity contribution is 5.85. The summed E-state index contributed by atoms with van der Waals surface area (Å²) < 4.78 is 13.4. The Morgan fingerprint density at radius 2 is 1.62 bits per heavy atom. The number of benzene rings is 2. The van der Waals surface area contributed by atoms with Gasteiger partial charge in [0.25, 0.3) is 0 Å². The minimum absolute atomic E-state index is 0.192. The molecule has 10 heteroatoms. The number of aromatic nitrogens is 3. The third kappa shape index (κ3) is 7.14. The monoisotopic (exact) mass is 506 g/mol. The van der Waals surface area contributed by atoms with Crippen molar-refractivity contribution >= 4 is 12.0 Å². The standard InChI is InChI=1S/C27H34N6O4/c1-27(2,28)25(34)29-22(19-36-17-20-9-5-3-6-10-20)24-31-30-23-13-14-32(15-16-33(23)24)26(35)37-18-21-11-7-4-8-12-21/h3-12,22H,13-19,28H2,1-2H3,(H,29,34)/t22-/m1/s1. The van der Waals surface area contributed by atoms with Gasteiger partial charge in [-0.2, -0.15) is 0 Å². The van der Waals surface area contributed by atoms with Crippen LogP contribution in [0.3, 0.4) is 0 Å². The topological polar surface area (TPSA) is 125 Å². The average molecular weight is 507 g/mol. The summed E-state index contributed by atoms with van der Waals surface area (Å²) in [5.41, 5.74) is 6.92. The molecule has 3 N–H and O–H groups in total. The maximum Gasteiger partial charge on any atom is 0.410 e. The van der Waals surface area contributed by atoms with Gasteiger partial charge in [0.05, 0.1) is 18.8 Å². The summed E-state index contributed by atoms with van der Waals surface area (Å²) in [6, 6.07) is 18.8. The Morgan fingerprint density at radius 3 is 2.27 bits per heavy atom. The fraction of sp³-hybridized carbons (Fsp3) is 0.407. The summed E-state index contributed by atoms with van der Waals surface area (Å²) in [5.74, 6) is 0.987. The molecule has 0 saturated carbocycles. The van der Waals surface area contributed by atoms with E-state index in [1.165, 1.54) is 0 Å². The van der Waals surface area contributed by atoms with E-state index < -0.39 is 11.6 Å². The fourth-order valence-electron chi connectivity index (χ4n) is 3.99. The van der Waals surface area contributed by atoms with Crippen LogP contribution in [-0.2, 0) is 40.4 Å². The van der Waals surface area contributed by atoms with Gasteiger partial charge in [-0.05, 0) is 25.0 Å². The summed E-state index contributed by atoms with van der Waals surface area (Å²) in [5, 5.41) is 11.7. The van der Waals surface area contributed by atoms with E-state index in [0.717, 1.165) is 17.0 Å². The molecular formula is C27H34N6O4. The zero-order valence-electron chi connectivity index (χ0n) is 21.3. The summed E-state index contributed by atoms with van der Waals surface area (Å²) in [7, 11) is 0. The molecule has 10 nitrogen and oxygen atoms in total. The van der Waals surface area contributed by atoms with E-state index in [9.17, 15) is 9.59 Å². The molecule has 0 bridgehead atoms. The molecule has 2 aromatic carbocycles. The van der Waals surface area contributed by atoms with Gasteiger partial charge >= 0.3 is 6.09 Å². The predicted octanol–water partition coefficient (Wildman–Crippen LogP) is 2.58. The molecular weight excluding hydrogens is 472 g/mol. The van der Waals surface area contributed by atoms with E-state index in [1.54, 1.807) is 18.7 Å². The first-order chi connectivity index (χ1) is 17.8. The Bertz CT molecular complexity index is 1180. The number of fused-ring (bicyclic) bond motifs is 1. The summed E-state index contributed by atoms with van der Waals surface area (Å²) in [6.07, 6.45) is 0.145. The molecule has 0 saturated heterocycles. The molecule has 2 amide bonds. The van der Waals surface area contributed by atoms with E-state index in [-0.39, 0.29) is 25.2 Å². The van der Waals surface area contributed by atoms with Crippen molar-refractivity contribution < 1.29 is 19.1 Å². The molecule has 4 rings (SSSR count). The Balaban J connectivity index is 1.43. The molecule has 1 aromatic heterocycles. The van der Waals surface area contributed by atoms with Crippen molar-refractivity contribution in [2.75, 3.05) is 19.7 Å². The molecule has 37 heavy (non-hydrogen) atoms. The van der Waals surface area contributed by atoms with Crippen LogP contribution < -0.4 is 11.1 Å². The quantitative estimate of drug-likeness (QED) is 0.457. The average Bonchev–Trinajstić information content (AvgIpc) is 3.17. The van der Waals surface area contributed by atoms with E-state index in [1.807, 2.05) is 65.2 Å². The van der Waals surface area contributed by atoms with Crippen molar-refractivity contribution in [3.8, 4) is 0 Å². The highest BCUT2D eigenvalue weighted by Crippen LogP contribution is 2.19. The van der Waals surface area contributed by atoms with E-state index in [2.05, 4.69) is 15.5 Å². The van der Waals surface area contributed by atoms with E-state index >= 15 is 0 Å². The first-order valence-electron chi connectivity index (χ1n) is 12.4. The Kier molecular flexibility index (Phi) is 8.52. The number of hydrogen-bond acceptors (Lipinski definition) is 7. The second-order valence-corrected chi connectivity index (χ2v) is 9.65. The second-order valence-electron chi connectivity index (χ2n) is 9.65. The van der Waals surface area contributed by atoms with Crippen LogP contribution in [0.25, 0.3) is 0 Å². The van der Waals surface area contributed by atoms with Crippen molar-refractivity contribution in [3.05, 3.63) is 83.4 Å². The molecule has 196 valence electrons. The second kappa shape index (κ2) is 12.0. The van der Waals surface area contributed by atoms with Gasteiger partial charge < -0.3 is 30.0 Å². The highest BCUT2D eigenvalue weighted by atomic mass is 16.6. The van der Waals surface area contributed by atoms with Gasteiger partial charge in [-0.3, -0.25) is 4.79 Å². The molecule has 0 radical (unpaired) electrons.